The average molecular weight is 519 g/mol. The molecule has 4 heterocycles. The number of aromatic nitrogens is 1. The van der Waals surface area contributed by atoms with Crippen LogP contribution in [0.25, 0.3) is 16.6 Å². The fraction of sp³-hybridized carbons (Fsp3) is 0.467. The number of rotatable bonds is 7. The van der Waals surface area contributed by atoms with Crippen LogP contribution >= 0.6 is 11.6 Å². The first-order valence-electron chi connectivity index (χ1n) is 13.5. The number of benzene rings is 2. The molecule has 0 radical (unpaired) electrons. The summed E-state index contributed by atoms with van der Waals surface area (Å²) < 4.78 is 2.20. The Hall–Kier alpha value is -2.67. The number of Topliss-reactive ketones (excluding diaryl/α,β-unsaturated/α-hetero) is 1. The van der Waals surface area contributed by atoms with E-state index in [2.05, 4.69) is 51.5 Å². The first-order valence-corrected chi connectivity index (χ1v) is 13.9. The van der Waals surface area contributed by atoms with Gasteiger partial charge in [0.25, 0.3) is 0 Å². The minimum atomic E-state index is -0.231. The van der Waals surface area contributed by atoms with E-state index < -0.39 is 0 Å². The lowest BCUT2D eigenvalue weighted by Gasteiger charge is -2.36. The number of aliphatic hydroxyl groups excluding tert-OH is 1. The lowest BCUT2D eigenvalue weighted by atomic mass is 9.98. The molecule has 1 unspecified atom stereocenters. The van der Waals surface area contributed by atoms with E-state index in [0.29, 0.717) is 23.7 Å². The van der Waals surface area contributed by atoms with Gasteiger partial charge in [-0.15, -0.1) is 0 Å². The Morgan fingerprint density at radius 2 is 1.81 bits per heavy atom. The lowest BCUT2D eigenvalue weighted by Crippen LogP contribution is -2.46. The third kappa shape index (κ3) is 4.60. The quantitative estimate of drug-likeness (QED) is 0.445. The van der Waals surface area contributed by atoms with Gasteiger partial charge in [0.05, 0.1) is 30.5 Å². The van der Waals surface area contributed by atoms with Crippen LogP contribution in [-0.2, 0) is 6.42 Å². The van der Waals surface area contributed by atoms with Gasteiger partial charge in [-0.3, -0.25) is 14.7 Å². The summed E-state index contributed by atoms with van der Waals surface area (Å²) >= 11 is 6.20. The molecule has 0 saturated carbocycles. The molecule has 0 spiro atoms. The maximum Gasteiger partial charge on any atom is 0.179 e. The van der Waals surface area contributed by atoms with E-state index in [0.717, 1.165) is 79.5 Å². The van der Waals surface area contributed by atoms with E-state index in [4.69, 9.17) is 11.6 Å². The summed E-state index contributed by atoms with van der Waals surface area (Å²) in [5, 5.41) is 11.9. The summed E-state index contributed by atoms with van der Waals surface area (Å²) in [6.07, 6.45) is 5.29. The van der Waals surface area contributed by atoms with Gasteiger partial charge in [-0.05, 0) is 74.9 Å². The van der Waals surface area contributed by atoms with Crippen molar-refractivity contribution < 1.29 is 9.90 Å². The van der Waals surface area contributed by atoms with Crippen molar-refractivity contribution in [3.05, 3.63) is 64.3 Å². The Kier molecular flexibility index (Phi) is 6.59. The number of amidine groups is 1. The highest BCUT2D eigenvalue weighted by molar-refractivity contribution is 6.30. The number of aliphatic hydroxyl groups is 1. The molecule has 2 saturated heterocycles. The number of carbonyl (C=O) groups is 1. The van der Waals surface area contributed by atoms with E-state index in [1.54, 1.807) is 0 Å². The van der Waals surface area contributed by atoms with Gasteiger partial charge in [0.1, 0.15) is 0 Å². The second kappa shape index (κ2) is 9.90. The van der Waals surface area contributed by atoms with Crippen molar-refractivity contribution in [3.63, 3.8) is 0 Å². The van der Waals surface area contributed by atoms with Crippen LogP contribution in [0.1, 0.15) is 53.7 Å². The van der Waals surface area contributed by atoms with Gasteiger partial charge >= 0.3 is 0 Å². The van der Waals surface area contributed by atoms with Crippen molar-refractivity contribution in [1.82, 2.24) is 14.4 Å². The van der Waals surface area contributed by atoms with Gasteiger partial charge < -0.3 is 14.6 Å². The number of hydrogen-bond donors (Lipinski definition) is 1. The molecule has 3 aliphatic heterocycles. The highest BCUT2D eigenvalue weighted by atomic mass is 35.5. The molecule has 2 bridgehead atoms. The maximum absolute atomic E-state index is 13.9. The van der Waals surface area contributed by atoms with Crippen molar-refractivity contribution in [2.75, 3.05) is 26.7 Å². The van der Waals surface area contributed by atoms with Gasteiger partial charge in [-0.25, -0.2) is 0 Å². The lowest BCUT2D eigenvalue weighted by molar-refractivity contribution is 0.0344. The number of halogens is 1. The van der Waals surface area contributed by atoms with Crippen molar-refractivity contribution in [2.24, 2.45) is 4.99 Å². The summed E-state index contributed by atoms with van der Waals surface area (Å²) in [4.78, 5) is 23.1. The van der Waals surface area contributed by atoms with Crippen LogP contribution in [0.5, 0.6) is 0 Å². The predicted octanol–water partition coefficient (Wildman–Crippen LogP) is 5.04. The van der Waals surface area contributed by atoms with Gasteiger partial charge in [0.15, 0.2) is 5.78 Å². The second-order valence-corrected chi connectivity index (χ2v) is 11.4. The highest BCUT2D eigenvalue weighted by Crippen LogP contribution is 2.37. The summed E-state index contributed by atoms with van der Waals surface area (Å²) in [6.45, 7) is 4.34. The Labute approximate surface area is 223 Å². The average Bonchev–Trinajstić information content (AvgIpc) is 3.49. The maximum atomic E-state index is 13.9. The molecule has 0 aliphatic carbocycles. The molecule has 3 atom stereocenters. The van der Waals surface area contributed by atoms with E-state index >= 15 is 0 Å². The molecule has 0 amide bonds. The van der Waals surface area contributed by atoms with Crippen LogP contribution in [0.2, 0.25) is 5.02 Å². The fourth-order valence-corrected chi connectivity index (χ4v) is 6.87. The number of fused-ring (bicyclic) bond motifs is 3. The van der Waals surface area contributed by atoms with Crippen LogP contribution in [-0.4, -0.2) is 76.0 Å². The number of ketones is 1. The van der Waals surface area contributed by atoms with Gasteiger partial charge in [0, 0.05) is 59.5 Å². The smallest absolute Gasteiger partial charge is 0.179 e. The van der Waals surface area contributed by atoms with Crippen LogP contribution in [0.4, 0.5) is 0 Å². The number of carbonyl (C=O) groups excluding carboxylic acids is 1. The molecule has 1 aromatic heterocycles. The van der Waals surface area contributed by atoms with Crippen molar-refractivity contribution in [3.8, 4) is 5.69 Å². The molecular formula is C30H35ClN4O2. The SMILES string of the molecule is Cc1c(C(=O)CN2[C@@H]3CC[C@H]2CC(O)C3)c2ccc(CCC3=NCCN3C)cc2n1-c1ccc(Cl)cc1. The topological polar surface area (TPSA) is 61.1 Å². The molecule has 37 heavy (non-hydrogen) atoms. The third-order valence-corrected chi connectivity index (χ3v) is 8.88. The molecule has 194 valence electrons. The van der Waals surface area contributed by atoms with E-state index in [1.165, 1.54) is 11.4 Å². The van der Waals surface area contributed by atoms with Gasteiger partial charge in [0.2, 0.25) is 0 Å². The highest BCUT2D eigenvalue weighted by Gasteiger charge is 2.41. The molecule has 2 fully saturated rings. The summed E-state index contributed by atoms with van der Waals surface area (Å²) in [7, 11) is 2.11. The summed E-state index contributed by atoms with van der Waals surface area (Å²) in [6, 6.07) is 15.0. The number of aliphatic imine (C=N–C) groups is 1. The van der Waals surface area contributed by atoms with Crippen molar-refractivity contribution in [2.45, 2.75) is 63.6 Å². The molecule has 1 N–H and O–H groups in total. The van der Waals surface area contributed by atoms with Crippen molar-refractivity contribution >= 4 is 34.1 Å². The molecular weight excluding hydrogens is 484 g/mol. The van der Waals surface area contributed by atoms with Crippen LogP contribution < -0.4 is 0 Å². The normalized spacial score (nSPS) is 23.7. The molecule has 2 aromatic carbocycles. The van der Waals surface area contributed by atoms with Gasteiger partial charge in [-0.1, -0.05) is 23.7 Å². The fourth-order valence-electron chi connectivity index (χ4n) is 6.74. The van der Waals surface area contributed by atoms with E-state index in [9.17, 15) is 9.90 Å². The zero-order valence-electron chi connectivity index (χ0n) is 21.7. The van der Waals surface area contributed by atoms with E-state index in [1.807, 2.05) is 24.3 Å². The first-order chi connectivity index (χ1) is 17.9. The van der Waals surface area contributed by atoms with Crippen LogP contribution in [0.3, 0.4) is 0 Å². The zero-order valence-corrected chi connectivity index (χ0v) is 22.4. The Morgan fingerprint density at radius 1 is 1.08 bits per heavy atom. The molecule has 3 aromatic rings. The Balaban J connectivity index is 1.36. The summed E-state index contributed by atoms with van der Waals surface area (Å²) in [5.41, 5.74) is 5.07. The van der Waals surface area contributed by atoms with Crippen LogP contribution in [0, 0.1) is 6.92 Å². The summed E-state index contributed by atoms with van der Waals surface area (Å²) in [5.74, 6) is 1.33. The first kappa shape index (κ1) is 24.7. The number of nitrogens with zero attached hydrogens (tertiary/aromatic N) is 4. The van der Waals surface area contributed by atoms with Crippen molar-refractivity contribution in [1.29, 1.82) is 0 Å². The second-order valence-electron chi connectivity index (χ2n) is 10.9. The molecule has 6 nitrogen and oxygen atoms in total. The Morgan fingerprint density at radius 3 is 2.49 bits per heavy atom. The van der Waals surface area contributed by atoms with Gasteiger partial charge in [-0.2, -0.15) is 0 Å². The zero-order chi connectivity index (χ0) is 25.7. The van der Waals surface area contributed by atoms with Crippen LogP contribution in [0.15, 0.2) is 47.5 Å². The largest absolute Gasteiger partial charge is 0.393 e. The molecule has 6 rings (SSSR count). The number of aryl methyl sites for hydroxylation is 1. The molecule has 7 heteroatoms. The minimum absolute atomic E-state index is 0.165. The number of hydrogen-bond acceptors (Lipinski definition) is 5. The van der Waals surface area contributed by atoms with E-state index in [-0.39, 0.29) is 11.9 Å². The minimum Gasteiger partial charge on any atom is -0.393 e. The number of piperidine rings is 1. The Bertz CT molecular complexity index is 1350. The predicted molar refractivity (Wildman–Crippen MR) is 149 cm³/mol. The third-order valence-electron chi connectivity index (χ3n) is 8.63. The monoisotopic (exact) mass is 518 g/mol. The molecule has 3 aliphatic rings. The number of likely N-dealkylation sites (N-methyl/N-ethyl adjacent to an activating group) is 1. The standard InChI is InChI=1S/C30H35ClN4O2/c1-19-30(28(37)18-34-23-9-10-24(34)17-25(36)16-23)26-11-3-20(4-12-29-32-13-14-33(29)2)15-27(26)35(19)22-7-5-21(31)6-8-22/h3,5-8,11,15,23-25,36H,4,9-10,12-14,16-18H2,1-2H3/t23-,24+,25?.